The molecule has 3 heteroatoms. The molecule has 0 aliphatic rings. The Labute approximate surface area is 72.6 Å². The molecule has 2 nitrogen and oxygen atoms in total. The van der Waals surface area contributed by atoms with E-state index < -0.39 is 0 Å². The van der Waals surface area contributed by atoms with Gasteiger partial charge in [-0.1, -0.05) is 0 Å². The number of hydrogen-bond acceptors (Lipinski definition) is 2. The molecule has 0 amide bonds. The van der Waals surface area contributed by atoms with Crippen LogP contribution in [-0.2, 0) is 19.5 Å². The van der Waals surface area contributed by atoms with Crippen molar-refractivity contribution in [3.05, 3.63) is 24.3 Å². The molecule has 0 bridgehead atoms. The van der Waals surface area contributed by atoms with E-state index in [2.05, 4.69) is 0 Å². The van der Waals surface area contributed by atoms with Crippen LogP contribution in [0.5, 0.6) is 11.5 Å². The third-order valence-electron chi connectivity index (χ3n) is 1.07. The van der Waals surface area contributed by atoms with Crippen molar-refractivity contribution in [1.29, 1.82) is 0 Å². The van der Waals surface area contributed by atoms with Gasteiger partial charge in [-0.3, -0.25) is 0 Å². The minimum Gasteiger partial charge on any atom is -0.508 e. The second-order valence-corrected chi connectivity index (χ2v) is 1.70. The number of phenolic OH excluding ortho intramolecular Hbond substituents is 1. The molecule has 0 fully saturated rings. The van der Waals surface area contributed by atoms with E-state index in [1.807, 2.05) is 0 Å². The topological polar surface area (TPSA) is 29.5 Å². The van der Waals surface area contributed by atoms with Gasteiger partial charge in [-0.05, 0) is 24.3 Å². The quantitative estimate of drug-likeness (QED) is 0.677. The zero-order valence-corrected chi connectivity index (χ0v) is 8.84. The Morgan fingerprint density at radius 3 is 2.10 bits per heavy atom. The summed E-state index contributed by atoms with van der Waals surface area (Å²) in [5.41, 5.74) is 0. The molecule has 0 heterocycles. The number of benzene rings is 1. The number of ether oxygens (including phenoxy) is 1. The summed E-state index contributed by atoms with van der Waals surface area (Å²) in [5, 5.41) is 8.80. The van der Waals surface area contributed by atoms with E-state index >= 15 is 0 Å². The zero-order chi connectivity index (χ0) is 6.69. The van der Waals surface area contributed by atoms with Gasteiger partial charge in [-0.25, -0.2) is 0 Å². The Morgan fingerprint density at radius 2 is 1.70 bits per heavy atom. The summed E-state index contributed by atoms with van der Waals surface area (Å²) in [6.45, 7) is 0. The Balaban J connectivity index is 0.000000810. The van der Waals surface area contributed by atoms with Gasteiger partial charge < -0.3 is 9.84 Å². The maximum atomic E-state index is 8.80. The standard InChI is InChI=1S/C7H8O2.Zn/c1-9-7-4-2-6(8)3-5-7;/h2-5,8H,1H3;. The van der Waals surface area contributed by atoms with Gasteiger partial charge in [-0.15, -0.1) is 0 Å². The van der Waals surface area contributed by atoms with Crippen LogP contribution in [0.1, 0.15) is 0 Å². The molecule has 0 aliphatic carbocycles. The summed E-state index contributed by atoms with van der Waals surface area (Å²) in [7, 11) is 1.59. The number of hydrogen-bond donors (Lipinski definition) is 1. The van der Waals surface area contributed by atoms with Crippen molar-refractivity contribution < 1.29 is 29.3 Å². The average molecular weight is 190 g/mol. The summed E-state index contributed by atoms with van der Waals surface area (Å²) in [5.74, 6) is 1.02. The second-order valence-electron chi connectivity index (χ2n) is 1.70. The van der Waals surface area contributed by atoms with Crippen molar-refractivity contribution in [3.63, 3.8) is 0 Å². The minimum absolute atomic E-state index is 0. The van der Waals surface area contributed by atoms with Crippen molar-refractivity contribution in [3.8, 4) is 11.5 Å². The summed E-state index contributed by atoms with van der Waals surface area (Å²) < 4.78 is 4.86. The van der Waals surface area contributed by atoms with Crippen LogP contribution in [0.15, 0.2) is 24.3 Å². The summed E-state index contributed by atoms with van der Waals surface area (Å²) in [4.78, 5) is 0. The molecule has 1 N–H and O–H groups in total. The predicted molar refractivity (Wildman–Crippen MR) is 34.7 cm³/mol. The molecule has 10 heavy (non-hydrogen) atoms. The van der Waals surface area contributed by atoms with Crippen LogP contribution in [0, 0.1) is 0 Å². The Morgan fingerprint density at radius 1 is 1.20 bits per heavy atom. The van der Waals surface area contributed by atoms with Crippen LogP contribution in [0.3, 0.4) is 0 Å². The molecule has 1 aromatic rings. The Bertz CT molecular complexity index is 183. The van der Waals surface area contributed by atoms with Gasteiger partial charge in [0.15, 0.2) is 0 Å². The van der Waals surface area contributed by atoms with Gasteiger partial charge in [-0.2, -0.15) is 0 Å². The SMILES string of the molecule is COc1ccc(O)cc1.[Zn]. The van der Waals surface area contributed by atoms with Crippen LogP contribution < -0.4 is 4.74 Å². The first-order valence-corrected chi connectivity index (χ1v) is 2.66. The molecule has 50 valence electrons. The first-order valence-electron chi connectivity index (χ1n) is 2.66. The molecule has 1 rings (SSSR count). The molecule has 0 saturated carbocycles. The number of aromatic hydroxyl groups is 1. The minimum atomic E-state index is 0. The molecule has 0 spiro atoms. The summed E-state index contributed by atoms with van der Waals surface area (Å²) in [6, 6.07) is 6.57. The van der Waals surface area contributed by atoms with Gasteiger partial charge in [0, 0.05) is 19.5 Å². The Kier molecular flexibility index (Phi) is 4.05. The molecule has 0 aromatic heterocycles. The van der Waals surface area contributed by atoms with E-state index in [0.29, 0.717) is 0 Å². The van der Waals surface area contributed by atoms with Crippen molar-refractivity contribution in [1.82, 2.24) is 0 Å². The van der Waals surface area contributed by atoms with E-state index in [1.165, 1.54) is 0 Å². The maximum absolute atomic E-state index is 8.80. The molecule has 0 radical (unpaired) electrons. The van der Waals surface area contributed by atoms with E-state index in [9.17, 15) is 0 Å². The van der Waals surface area contributed by atoms with Crippen LogP contribution in [-0.4, -0.2) is 12.2 Å². The fraction of sp³-hybridized carbons (Fsp3) is 0.143. The van der Waals surface area contributed by atoms with E-state index in [0.717, 1.165) is 5.75 Å². The van der Waals surface area contributed by atoms with Gasteiger partial charge in [0.2, 0.25) is 0 Å². The third kappa shape index (κ3) is 2.36. The van der Waals surface area contributed by atoms with Crippen molar-refractivity contribution in [2.24, 2.45) is 0 Å². The first-order chi connectivity index (χ1) is 4.33. The number of methoxy groups -OCH3 is 1. The zero-order valence-electron chi connectivity index (χ0n) is 5.87. The fourth-order valence-corrected chi connectivity index (χ4v) is 0.582. The van der Waals surface area contributed by atoms with Gasteiger partial charge >= 0.3 is 0 Å². The van der Waals surface area contributed by atoms with Gasteiger partial charge in [0.1, 0.15) is 11.5 Å². The molecule has 1 aromatic carbocycles. The molecule has 0 saturated heterocycles. The van der Waals surface area contributed by atoms with Crippen LogP contribution in [0.25, 0.3) is 0 Å². The van der Waals surface area contributed by atoms with Crippen LogP contribution in [0.2, 0.25) is 0 Å². The largest absolute Gasteiger partial charge is 0.508 e. The first kappa shape index (κ1) is 9.44. The molecule has 0 unspecified atom stereocenters. The third-order valence-corrected chi connectivity index (χ3v) is 1.07. The maximum Gasteiger partial charge on any atom is 0.119 e. The van der Waals surface area contributed by atoms with Crippen molar-refractivity contribution >= 4 is 0 Å². The van der Waals surface area contributed by atoms with E-state index in [4.69, 9.17) is 9.84 Å². The van der Waals surface area contributed by atoms with Crippen molar-refractivity contribution in [2.45, 2.75) is 0 Å². The molecular weight excluding hydrogens is 181 g/mol. The number of rotatable bonds is 1. The van der Waals surface area contributed by atoms with Crippen molar-refractivity contribution in [2.75, 3.05) is 7.11 Å². The van der Waals surface area contributed by atoms with Crippen LogP contribution >= 0.6 is 0 Å². The average Bonchev–Trinajstić information content (AvgIpc) is 1.90. The smallest absolute Gasteiger partial charge is 0.119 e. The summed E-state index contributed by atoms with van der Waals surface area (Å²) >= 11 is 0. The molecule has 0 aliphatic heterocycles. The molecular formula is C7H8O2Zn. The van der Waals surface area contributed by atoms with Gasteiger partial charge in [0.05, 0.1) is 7.11 Å². The predicted octanol–water partition coefficient (Wildman–Crippen LogP) is 1.40. The fourth-order valence-electron chi connectivity index (χ4n) is 0.582. The van der Waals surface area contributed by atoms with Gasteiger partial charge in [0.25, 0.3) is 0 Å². The molecule has 0 atom stereocenters. The second kappa shape index (κ2) is 4.29. The monoisotopic (exact) mass is 188 g/mol. The number of phenols is 1. The van der Waals surface area contributed by atoms with Crippen LogP contribution in [0.4, 0.5) is 0 Å². The van der Waals surface area contributed by atoms with E-state index in [-0.39, 0.29) is 25.2 Å². The Hall–Kier alpha value is -0.557. The normalized spacial score (nSPS) is 8.10. The van der Waals surface area contributed by atoms with E-state index in [1.54, 1.807) is 31.4 Å². The summed E-state index contributed by atoms with van der Waals surface area (Å²) in [6.07, 6.45) is 0.